The third-order valence-electron chi connectivity index (χ3n) is 6.46. The number of morpholine rings is 1. The Bertz CT molecular complexity index is 852. The first kappa shape index (κ1) is 21.6. The largest absolute Gasteiger partial charge is 0.378 e. The lowest BCUT2D eigenvalue weighted by Gasteiger charge is -2.32. The summed E-state index contributed by atoms with van der Waals surface area (Å²) in [5, 5.41) is 0. The number of aryl methyl sites for hydroxylation is 1. The first-order chi connectivity index (χ1) is 15.2. The van der Waals surface area contributed by atoms with Gasteiger partial charge in [0.25, 0.3) is 5.91 Å². The van der Waals surface area contributed by atoms with Crippen molar-refractivity contribution in [3.05, 3.63) is 71.3 Å². The summed E-state index contributed by atoms with van der Waals surface area (Å²) < 4.78 is 5.33. The molecular formula is C26H32N2O3. The molecule has 2 fully saturated rings. The zero-order valence-corrected chi connectivity index (χ0v) is 18.2. The van der Waals surface area contributed by atoms with Crippen LogP contribution in [0.2, 0.25) is 0 Å². The molecule has 0 saturated carbocycles. The summed E-state index contributed by atoms with van der Waals surface area (Å²) in [7, 11) is 0. The molecule has 4 rings (SSSR count). The molecule has 0 spiro atoms. The maximum atomic E-state index is 12.6. The summed E-state index contributed by atoms with van der Waals surface area (Å²) in [6.45, 7) is 4.29. The maximum absolute atomic E-state index is 12.6. The summed E-state index contributed by atoms with van der Waals surface area (Å²) in [6.07, 6.45) is 4.51. The van der Waals surface area contributed by atoms with Crippen LogP contribution >= 0.6 is 0 Å². The van der Waals surface area contributed by atoms with Crippen LogP contribution in [0.15, 0.2) is 54.6 Å². The molecule has 5 heteroatoms. The van der Waals surface area contributed by atoms with Gasteiger partial charge in [0.1, 0.15) is 0 Å². The number of hydrogen-bond donors (Lipinski definition) is 0. The smallest absolute Gasteiger partial charge is 0.254 e. The van der Waals surface area contributed by atoms with Crippen molar-refractivity contribution in [1.82, 2.24) is 9.80 Å². The van der Waals surface area contributed by atoms with Crippen molar-refractivity contribution in [1.29, 1.82) is 0 Å². The molecule has 2 amide bonds. The normalized spacial score (nSPS) is 17.5. The van der Waals surface area contributed by atoms with Crippen LogP contribution in [0.5, 0.6) is 0 Å². The summed E-state index contributed by atoms with van der Waals surface area (Å²) in [6, 6.07) is 18.3. The van der Waals surface area contributed by atoms with Gasteiger partial charge in [-0.3, -0.25) is 9.59 Å². The van der Waals surface area contributed by atoms with Crippen LogP contribution in [0.3, 0.4) is 0 Å². The van der Waals surface area contributed by atoms with Crippen LogP contribution in [0.4, 0.5) is 0 Å². The SMILES string of the molecule is O=C(CCc1ccccc1)N1CCC(Cc2ccc(C(=O)N3CCOCC3)cc2)CC1. The predicted octanol–water partition coefficient (Wildman–Crippen LogP) is 3.57. The van der Waals surface area contributed by atoms with E-state index in [-0.39, 0.29) is 11.8 Å². The highest BCUT2D eigenvalue weighted by molar-refractivity contribution is 5.94. The molecule has 2 aromatic carbocycles. The fourth-order valence-electron chi connectivity index (χ4n) is 4.51. The van der Waals surface area contributed by atoms with Crippen molar-refractivity contribution in [3.63, 3.8) is 0 Å². The van der Waals surface area contributed by atoms with Crippen molar-refractivity contribution >= 4 is 11.8 Å². The highest BCUT2D eigenvalue weighted by Crippen LogP contribution is 2.23. The molecule has 2 heterocycles. The van der Waals surface area contributed by atoms with Gasteiger partial charge in [-0.15, -0.1) is 0 Å². The van der Waals surface area contributed by atoms with Gasteiger partial charge in [0, 0.05) is 38.2 Å². The molecule has 0 unspecified atom stereocenters. The Kier molecular flexibility index (Phi) is 7.36. The van der Waals surface area contributed by atoms with Gasteiger partial charge in [0.15, 0.2) is 0 Å². The fourth-order valence-corrected chi connectivity index (χ4v) is 4.51. The van der Waals surface area contributed by atoms with E-state index < -0.39 is 0 Å². The molecule has 2 aromatic rings. The van der Waals surface area contributed by atoms with Crippen LogP contribution < -0.4 is 0 Å². The second kappa shape index (κ2) is 10.6. The molecule has 0 N–H and O–H groups in total. The van der Waals surface area contributed by atoms with E-state index in [1.807, 2.05) is 40.1 Å². The summed E-state index contributed by atoms with van der Waals surface area (Å²) >= 11 is 0. The van der Waals surface area contributed by atoms with Gasteiger partial charge in [0.05, 0.1) is 13.2 Å². The first-order valence-corrected chi connectivity index (χ1v) is 11.5. The first-order valence-electron chi connectivity index (χ1n) is 11.5. The lowest BCUT2D eigenvalue weighted by atomic mass is 9.89. The lowest BCUT2D eigenvalue weighted by molar-refractivity contribution is -0.132. The Morgan fingerprint density at radius 1 is 0.806 bits per heavy atom. The van der Waals surface area contributed by atoms with E-state index in [9.17, 15) is 9.59 Å². The van der Waals surface area contributed by atoms with Crippen LogP contribution in [0.25, 0.3) is 0 Å². The summed E-state index contributed by atoms with van der Waals surface area (Å²) in [5.41, 5.74) is 3.25. The Balaban J connectivity index is 1.21. The van der Waals surface area contributed by atoms with Crippen LogP contribution in [-0.4, -0.2) is 61.0 Å². The number of benzene rings is 2. The number of carbonyl (C=O) groups excluding carboxylic acids is 2. The summed E-state index contributed by atoms with van der Waals surface area (Å²) in [4.78, 5) is 29.0. The molecule has 0 aromatic heterocycles. The van der Waals surface area contributed by atoms with E-state index >= 15 is 0 Å². The predicted molar refractivity (Wildman–Crippen MR) is 121 cm³/mol. The Labute approximate surface area is 185 Å². The molecule has 164 valence electrons. The van der Waals surface area contributed by atoms with E-state index in [2.05, 4.69) is 24.3 Å². The maximum Gasteiger partial charge on any atom is 0.254 e. The molecule has 0 radical (unpaired) electrons. The van der Waals surface area contributed by atoms with E-state index in [1.165, 1.54) is 11.1 Å². The quantitative estimate of drug-likeness (QED) is 0.718. The number of piperidine rings is 1. The standard InChI is InChI=1S/C26H32N2O3/c29-25(11-8-21-4-2-1-3-5-21)27-14-12-23(13-15-27)20-22-6-9-24(10-7-22)26(30)28-16-18-31-19-17-28/h1-7,9-10,23H,8,11-20H2. The number of rotatable bonds is 6. The van der Waals surface area contributed by atoms with Gasteiger partial charge < -0.3 is 14.5 Å². The minimum atomic E-state index is 0.0946. The topological polar surface area (TPSA) is 49.9 Å². The van der Waals surface area contributed by atoms with Crippen LogP contribution in [-0.2, 0) is 22.4 Å². The number of ether oxygens (including phenoxy) is 1. The second-order valence-electron chi connectivity index (χ2n) is 8.62. The highest BCUT2D eigenvalue weighted by atomic mass is 16.5. The molecule has 5 nitrogen and oxygen atoms in total. The fraction of sp³-hybridized carbons (Fsp3) is 0.462. The lowest BCUT2D eigenvalue weighted by Crippen LogP contribution is -2.40. The third-order valence-corrected chi connectivity index (χ3v) is 6.46. The average molecular weight is 421 g/mol. The van der Waals surface area contributed by atoms with Crippen molar-refractivity contribution in [2.45, 2.75) is 32.1 Å². The number of hydrogen-bond acceptors (Lipinski definition) is 3. The van der Waals surface area contributed by atoms with Crippen molar-refractivity contribution in [3.8, 4) is 0 Å². The van der Waals surface area contributed by atoms with E-state index in [0.717, 1.165) is 44.3 Å². The Hall–Kier alpha value is -2.66. The zero-order valence-electron chi connectivity index (χ0n) is 18.2. The number of carbonyl (C=O) groups is 2. The molecule has 0 bridgehead atoms. The molecule has 0 atom stereocenters. The minimum Gasteiger partial charge on any atom is -0.378 e. The van der Waals surface area contributed by atoms with E-state index in [0.29, 0.717) is 38.6 Å². The summed E-state index contributed by atoms with van der Waals surface area (Å²) in [5.74, 6) is 0.962. The third kappa shape index (κ3) is 5.95. The second-order valence-corrected chi connectivity index (χ2v) is 8.62. The van der Waals surface area contributed by atoms with Gasteiger partial charge in [-0.1, -0.05) is 42.5 Å². The zero-order chi connectivity index (χ0) is 21.5. The van der Waals surface area contributed by atoms with Crippen molar-refractivity contribution in [2.75, 3.05) is 39.4 Å². The van der Waals surface area contributed by atoms with Gasteiger partial charge in [0.2, 0.25) is 5.91 Å². The number of likely N-dealkylation sites (tertiary alicyclic amines) is 1. The van der Waals surface area contributed by atoms with Crippen molar-refractivity contribution in [2.24, 2.45) is 5.92 Å². The van der Waals surface area contributed by atoms with Gasteiger partial charge in [-0.2, -0.15) is 0 Å². The highest BCUT2D eigenvalue weighted by Gasteiger charge is 2.23. The van der Waals surface area contributed by atoms with Crippen LogP contribution in [0, 0.1) is 5.92 Å². The van der Waals surface area contributed by atoms with E-state index in [1.54, 1.807) is 0 Å². The van der Waals surface area contributed by atoms with Gasteiger partial charge >= 0.3 is 0 Å². The number of nitrogens with zero attached hydrogens (tertiary/aromatic N) is 2. The Morgan fingerprint density at radius 2 is 1.48 bits per heavy atom. The molecule has 31 heavy (non-hydrogen) atoms. The van der Waals surface area contributed by atoms with E-state index in [4.69, 9.17) is 4.74 Å². The van der Waals surface area contributed by atoms with Gasteiger partial charge in [-0.25, -0.2) is 0 Å². The molecule has 2 aliphatic rings. The van der Waals surface area contributed by atoms with Crippen LogP contribution in [0.1, 0.15) is 40.7 Å². The minimum absolute atomic E-state index is 0.0946. The molecule has 2 aliphatic heterocycles. The Morgan fingerprint density at radius 3 is 2.16 bits per heavy atom. The molecule has 0 aliphatic carbocycles. The van der Waals surface area contributed by atoms with Crippen molar-refractivity contribution < 1.29 is 14.3 Å². The monoisotopic (exact) mass is 420 g/mol. The molecular weight excluding hydrogens is 388 g/mol. The average Bonchev–Trinajstić information content (AvgIpc) is 2.84. The van der Waals surface area contributed by atoms with Gasteiger partial charge in [-0.05, 0) is 54.9 Å². The molecule has 2 saturated heterocycles. The number of amides is 2.